The molecule has 3 heterocycles. The number of H-pyrrole nitrogens is 1. The standard InChI is InChI=1S/C24H21N5O3/c1-28(14-5-4-6-16(11-14)32-3)15-7-8-17-21(12-15)29(2)27-23(17)20-13-19-22(26-20)18(24(30)31)9-10-25-19/h4-13,26H,1-3H3,(H,30,31). The molecule has 0 saturated heterocycles. The molecule has 8 heteroatoms. The number of methoxy groups -OCH3 is 1. The van der Waals surface area contributed by atoms with E-state index in [0.717, 1.165) is 39.4 Å². The number of hydrogen-bond acceptors (Lipinski definition) is 5. The number of aromatic carboxylic acids is 1. The summed E-state index contributed by atoms with van der Waals surface area (Å²) in [7, 11) is 5.55. The third-order valence-corrected chi connectivity index (χ3v) is 5.67. The van der Waals surface area contributed by atoms with Crippen molar-refractivity contribution in [1.82, 2.24) is 19.7 Å². The Morgan fingerprint density at radius 1 is 1.12 bits per heavy atom. The number of nitrogens with zero attached hydrogens (tertiary/aromatic N) is 4. The number of carboxylic acid groups (broad SMARTS) is 1. The van der Waals surface area contributed by atoms with Crippen LogP contribution in [0.1, 0.15) is 10.4 Å². The van der Waals surface area contributed by atoms with Crippen molar-refractivity contribution in [2.24, 2.45) is 7.05 Å². The molecule has 160 valence electrons. The summed E-state index contributed by atoms with van der Waals surface area (Å²) in [5, 5.41) is 15.1. The Bertz CT molecular complexity index is 1480. The van der Waals surface area contributed by atoms with Crippen molar-refractivity contribution in [1.29, 1.82) is 0 Å². The highest BCUT2D eigenvalue weighted by molar-refractivity contribution is 6.03. The van der Waals surface area contributed by atoms with Crippen LogP contribution in [0.5, 0.6) is 5.75 Å². The molecule has 8 nitrogen and oxygen atoms in total. The molecule has 5 rings (SSSR count). The predicted octanol–water partition coefficient (Wildman–Crippen LogP) is 4.59. The van der Waals surface area contributed by atoms with Gasteiger partial charge in [0.1, 0.15) is 11.4 Å². The van der Waals surface area contributed by atoms with E-state index in [4.69, 9.17) is 9.84 Å². The summed E-state index contributed by atoms with van der Waals surface area (Å²) >= 11 is 0. The van der Waals surface area contributed by atoms with Crippen molar-refractivity contribution in [2.45, 2.75) is 0 Å². The first-order valence-corrected chi connectivity index (χ1v) is 10.0. The van der Waals surface area contributed by atoms with Gasteiger partial charge in [-0.1, -0.05) is 6.07 Å². The van der Waals surface area contributed by atoms with Gasteiger partial charge < -0.3 is 19.7 Å². The lowest BCUT2D eigenvalue weighted by Gasteiger charge is -2.20. The van der Waals surface area contributed by atoms with Crippen LogP contribution in [0.25, 0.3) is 33.3 Å². The monoisotopic (exact) mass is 427 g/mol. The number of carbonyl (C=O) groups is 1. The molecule has 0 amide bonds. The van der Waals surface area contributed by atoms with Crippen molar-refractivity contribution in [2.75, 3.05) is 19.1 Å². The minimum absolute atomic E-state index is 0.184. The van der Waals surface area contributed by atoms with Crippen molar-refractivity contribution in [3.63, 3.8) is 0 Å². The lowest BCUT2D eigenvalue weighted by Crippen LogP contribution is -2.09. The van der Waals surface area contributed by atoms with E-state index in [1.165, 1.54) is 12.3 Å². The lowest BCUT2D eigenvalue weighted by atomic mass is 10.1. The van der Waals surface area contributed by atoms with Gasteiger partial charge in [0.2, 0.25) is 0 Å². The SMILES string of the molecule is COc1cccc(N(C)c2ccc3c(-c4cc5nccc(C(=O)O)c5[nH]4)nn(C)c3c2)c1. The molecule has 0 unspecified atom stereocenters. The van der Waals surface area contributed by atoms with Crippen LogP contribution in [-0.4, -0.2) is 45.0 Å². The zero-order valence-electron chi connectivity index (χ0n) is 17.8. The van der Waals surface area contributed by atoms with Gasteiger partial charge in [0.05, 0.1) is 34.9 Å². The van der Waals surface area contributed by atoms with E-state index in [9.17, 15) is 9.90 Å². The number of ether oxygens (including phenoxy) is 1. The van der Waals surface area contributed by atoms with Gasteiger partial charge in [-0.15, -0.1) is 0 Å². The van der Waals surface area contributed by atoms with Crippen molar-refractivity contribution >= 4 is 39.3 Å². The maximum Gasteiger partial charge on any atom is 0.337 e. The maximum atomic E-state index is 11.6. The smallest absolute Gasteiger partial charge is 0.337 e. The Labute approximate surface area is 183 Å². The Morgan fingerprint density at radius 3 is 2.72 bits per heavy atom. The number of hydrogen-bond donors (Lipinski definition) is 2. The summed E-state index contributed by atoms with van der Waals surface area (Å²) in [6, 6.07) is 17.4. The average Bonchev–Trinajstić information content (AvgIpc) is 3.39. The first-order valence-electron chi connectivity index (χ1n) is 10.0. The Morgan fingerprint density at radius 2 is 1.94 bits per heavy atom. The highest BCUT2D eigenvalue weighted by Gasteiger charge is 2.18. The minimum atomic E-state index is -0.998. The first kappa shape index (κ1) is 19.6. The molecule has 3 aromatic heterocycles. The van der Waals surface area contributed by atoms with Crippen LogP contribution >= 0.6 is 0 Å². The largest absolute Gasteiger partial charge is 0.497 e. The van der Waals surface area contributed by atoms with Crippen molar-refractivity contribution < 1.29 is 14.6 Å². The molecule has 0 aliphatic heterocycles. The van der Waals surface area contributed by atoms with Gasteiger partial charge in [-0.3, -0.25) is 9.67 Å². The normalized spacial score (nSPS) is 11.2. The zero-order valence-corrected chi connectivity index (χ0v) is 17.8. The zero-order chi connectivity index (χ0) is 22.4. The van der Waals surface area contributed by atoms with Gasteiger partial charge in [-0.05, 0) is 42.5 Å². The van der Waals surface area contributed by atoms with Gasteiger partial charge in [0.25, 0.3) is 0 Å². The summed E-state index contributed by atoms with van der Waals surface area (Å²) in [6.45, 7) is 0. The quantitative estimate of drug-likeness (QED) is 0.426. The Hall–Kier alpha value is -4.33. The number of aromatic nitrogens is 4. The number of nitrogens with one attached hydrogen (secondary N) is 1. The van der Waals surface area contributed by atoms with E-state index in [1.54, 1.807) is 7.11 Å². The fourth-order valence-electron chi connectivity index (χ4n) is 3.95. The number of aromatic amines is 1. The molecule has 0 bridgehead atoms. The molecule has 2 N–H and O–H groups in total. The minimum Gasteiger partial charge on any atom is -0.497 e. The van der Waals surface area contributed by atoms with E-state index in [2.05, 4.69) is 20.9 Å². The number of pyridine rings is 1. The van der Waals surface area contributed by atoms with Crippen LogP contribution < -0.4 is 9.64 Å². The van der Waals surface area contributed by atoms with Gasteiger partial charge >= 0.3 is 5.97 Å². The molecule has 0 radical (unpaired) electrons. The van der Waals surface area contributed by atoms with Crippen molar-refractivity contribution in [3.8, 4) is 17.1 Å². The fraction of sp³-hybridized carbons (Fsp3) is 0.125. The number of benzene rings is 2. The molecular weight excluding hydrogens is 406 g/mol. The lowest BCUT2D eigenvalue weighted by molar-refractivity contribution is 0.0698. The van der Waals surface area contributed by atoms with Gasteiger partial charge in [0, 0.05) is 43.1 Å². The summed E-state index contributed by atoms with van der Waals surface area (Å²) in [5.74, 6) is -0.201. The van der Waals surface area contributed by atoms with Crippen LogP contribution in [-0.2, 0) is 7.05 Å². The number of carboxylic acids is 1. The first-order chi connectivity index (χ1) is 15.5. The van der Waals surface area contributed by atoms with Crippen molar-refractivity contribution in [3.05, 3.63) is 66.4 Å². The molecule has 0 aliphatic carbocycles. The molecule has 5 aromatic rings. The van der Waals surface area contributed by atoms with Crippen LogP contribution in [0, 0.1) is 0 Å². The van der Waals surface area contributed by atoms with Gasteiger partial charge in [-0.25, -0.2) is 4.79 Å². The predicted molar refractivity (Wildman–Crippen MR) is 124 cm³/mol. The van der Waals surface area contributed by atoms with Crippen LogP contribution in [0.15, 0.2) is 60.8 Å². The number of rotatable bonds is 5. The molecule has 0 aliphatic rings. The highest BCUT2D eigenvalue weighted by atomic mass is 16.5. The molecule has 32 heavy (non-hydrogen) atoms. The highest BCUT2D eigenvalue weighted by Crippen LogP contribution is 2.34. The van der Waals surface area contributed by atoms with Crippen LogP contribution in [0.3, 0.4) is 0 Å². The summed E-state index contributed by atoms with van der Waals surface area (Å²) in [4.78, 5) is 21.1. The van der Waals surface area contributed by atoms with E-state index in [0.29, 0.717) is 11.0 Å². The maximum absolute atomic E-state index is 11.6. The summed E-state index contributed by atoms with van der Waals surface area (Å²) in [5.41, 5.74) is 5.70. The molecule has 0 saturated carbocycles. The third-order valence-electron chi connectivity index (χ3n) is 5.67. The average molecular weight is 427 g/mol. The molecule has 0 atom stereocenters. The van der Waals surface area contributed by atoms with E-state index < -0.39 is 5.97 Å². The third kappa shape index (κ3) is 3.13. The summed E-state index contributed by atoms with van der Waals surface area (Å²) < 4.78 is 7.17. The van der Waals surface area contributed by atoms with Gasteiger partial charge in [0.15, 0.2) is 0 Å². The fourth-order valence-corrected chi connectivity index (χ4v) is 3.95. The molecule has 2 aromatic carbocycles. The topological polar surface area (TPSA) is 96.3 Å². The number of fused-ring (bicyclic) bond motifs is 2. The van der Waals surface area contributed by atoms with Crippen LogP contribution in [0.2, 0.25) is 0 Å². The second kappa shape index (κ2) is 7.42. The molecule has 0 fully saturated rings. The molecular formula is C24H21N5O3. The van der Waals surface area contributed by atoms with E-state index in [1.807, 2.05) is 61.2 Å². The number of anilines is 2. The van der Waals surface area contributed by atoms with Crippen LogP contribution in [0.4, 0.5) is 11.4 Å². The second-order valence-electron chi connectivity index (χ2n) is 7.54. The Balaban J connectivity index is 1.59. The van der Waals surface area contributed by atoms with Gasteiger partial charge in [-0.2, -0.15) is 5.10 Å². The van der Waals surface area contributed by atoms with E-state index >= 15 is 0 Å². The Kier molecular flexibility index (Phi) is 4.55. The van der Waals surface area contributed by atoms with E-state index in [-0.39, 0.29) is 5.56 Å². The summed E-state index contributed by atoms with van der Waals surface area (Å²) in [6.07, 6.45) is 1.50. The number of aryl methyl sites for hydroxylation is 1. The second-order valence-corrected chi connectivity index (χ2v) is 7.54. The molecule has 0 spiro atoms.